The van der Waals surface area contributed by atoms with Crippen LogP contribution in [0.4, 0.5) is 11.8 Å². The molecule has 0 amide bonds. The van der Waals surface area contributed by atoms with Gasteiger partial charge in [0.05, 0.1) is 6.33 Å². The molecule has 3 N–H and O–H groups in total. The highest BCUT2D eigenvalue weighted by atomic mass is 16.5. The Morgan fingerprint density at radius 3 is 2.90 bits per heavy atom. The Bertz CT molecular complexity index is 734. The highest BCUT2D eigenvalue weighted by molar-refractivity contribution is 5.83. The Kier molecular flexibility index (Phi) is 3.63. The predicted octanol–water partition coefficient (Wildman–Crippen LogP) is 1.13. The highest BCUT2D eigenvalue weighted by Gasteiger charge is 2.10. The normalized spacial score (nSPS) is 11.0. The Morgan fingerprint density at radius 1 is 1.24 bits per heavy atom. The number of nitrogens with one attached hydrogen (secondary N) is 3. The maximum absolute atomic E-state index is 4.94. The zero-order valence-electron chi connectivity index (χ0n) is 11.8. The molecule has 0 spiro atoms. The smallest absolute Gasteiger partial charge is 0.226 e. The molecule has 0 aliphatic rings. The van der Waals surface area contributed by atoms with Gasteiger partial charge < -0.3 is 20.1 Å². The molecule has 9 heteroatoms. The fourth-order valence-corrected chi connectivity index (χ4v) is 1.93. The van der Waals surface area contributed by atoms with Crippen molar-refractivity contribution in [2.75, 3.05) is 23.7 Å². The van der Waals surface area contributed by atoms with E-state index in [1.54, 1.807) is 13.3 Å². The van der Waals surface area contributed by atoms with E-state index >= 15 is 0 Å². The summed E-state index contributed by atoms with van der Waals surface area (Å²) < 4.78 is 4.94. The number of rotatable bonds is 6. The first-order chi connectivity index (χ1) is 10.3. The zero-order valence-corrected chi connectivity index (χ0v) is 11.8. The van der Waals surface area contributed by atoms with E-state index in [9.17, 15) is 0 Å². The van der Waals surface area contributed by atoms with E-state index in [1.807, 2.05) is 6.92 Å². The van der Waals surface area contributed by atoms with Gasteiger partial charge in [-0.3, -0.25) is 0 Å². The molecule has 0 aliphatic heterocycles. The summed E-state index contributed by atoms with van der Waals surface area (Å²) in [5, 5.41) is 10.2. The van der Waals surface area contributed by atoms with E-state index in [0.29, 0.717) is 42.1 Å². The Balaban J connectivity index is 1.74. The molecule has 0 unspecified atom stereocenters. The van der Waals surface area contributed by atoms with Crippen molar-refractivity contribution < 1.29 is 4.52 Å². The molecule has 3 rings (SSSR count). The number of imidazole rings is 1. The van der Waals surface area contributed by atoms with Crippen molar-refractivity contribution in [3.05, 3.63) is 18.0 Å². The largest absolute Gasteiger partial charge is 0.368 e. The van der Waals surface area contributed by atoms with Crippen LogP contribution in [0.5, 0.6) is 0 Å². The number of fused-ring (bicyclic) bond motifs is 1. The Hall–Kier alpha value is -2.71. The molecule has 3 aromatic rings. The molecule has 0 radical (unpaired) electrons. The molecule has 3 heterocycles. The van der Waals surface area contributed by atoms with E-state index in [4.69, 9.17) is 4.52 Å². The molecular formula is C12H16N8O. The van der Waals surface area contributed by atoms with E-state index in [-0.39, 0.29) is 0 Å². The number of hydrogen-bond donors (Lipinski definition) is 3. The first kappa shape index (κ1) is 13.3. The quantitative estimate of drug-likeness (QED) is 0.618. The summed E-state index contributed by atoms with van der Waals surface area (Å²) in [4.78, 5) is 20.1. The summed E-state index contributed by atoms with van der Waals surface area (Å²) in [5.41, 5.74) is 1.40. The second-order valence-corrected chi connectivity index (χ2v) is 4.43. The fourth-order valence-electron chi connectivity index (χ4n) is 1.93. The molecule has 0 aromatic carbocycles. The lowest BCUT2D eigenvalue weighted by molar-refractivity contribution is 0.387. The summed E-state index contributed by atoms with van der Waals surface area (Å²) in [5.74, 6) is 2.49. The van der Waals surface area contributed by atoms with E-state index in [1.165, 1.54) is 0 Å². The van der Waals surface area contributed by atoms with Gasteiger partial charge in [0.25, 0.3) is 0 Å². The molecule has 0 atom stereocenters. The van der Waals surface area contributed by atoms with Crippen LogP contribution >= 0.6 is 0 Å². The number of aryl methyl sites for hydroxylation is 1. The molecule has 9 nitrogen and oxygen atoms in total. The second kappa shape index (κ2) is 5.73. The fraction of sp³-hybridized carbons (Fsp3) is 0.417. The van der Waals surface area contributed by atoms with Crippen molar-refractivity contribution in [3.63, 3.8) is 0 Å². The van der Waals surface area contributed by atoms with Crippen molar-refractivity contribution in [1.29, 1.82) is 0 Å². The Morgan fingerprint density at radius 2 is 2.14 bits per heavy atom. The van der Waals surface area contributed by atoms with Crippen LogP contribution in [0.2, 0.25) is 0 Å². The minimum Gasteiger partial charge on any atom is -0.368 e. The van der Waals surface area contributed by atoms with Crippen LogP contribution in [0.25, 0.3) is 11.2 Å². The van der Waals surface area contributed by atoms with E-state index in [2.05, 4.69) is 40.7 Å². The van der Waals surface area contributed by atoms with Crippen LogP contribution in [0, 0.1) is 6.92 Å². The van der Waals surface area contributed by atoms with Crippen LogP contribution in [0.15, 0.2) is 10.9 Å². The van der Waals surface area contributed by atoms with Crippen LogP contribution in [-0.4, -0.2) is 43.2 Å². The Labute approximate surface area is 120 Å². The van der Waals surface area contributed by atoms with Crippen molar-refractivity contribution in [1.82, 2.24) is 30.1 Å². The number of H-pyrrole nitrogens is 1. The van der Waals surface area contributed by atoms with Gasteiger partial charge in [0.15, 0.2) is 17.3 Å². The molecule has 0 aliphatic carbocycles. The molecular weight excluding hydrogens is 272 g/mol. The lowest BCUT2D eigenvalue weighted by atomic mass is 10.4. The molecule has 0 bridgehead atoms. The van der Waals surface area contributed by atoms with Crippen molar-refractivity contribution in [2.45, 2.75) is 20.3 Å². The van der Waals surface area contributed by atoms with Crippen molar-refractivity contribution in [2.24, 2.45) is 0 Å². The predicted molar refractivity (Wildman–Crippen MR) is 77.1 cm³/mol. The maximum Gasteiger partial charge on any atom is 0.226 e. The SMILES string of the molecule is CCNc1nc(NCCc2noc(C)n2)c2[nH]cnc2n1. The van der Waals surface area contributed by atoms with E-state index in [0.717, 1.165) is 12.1 Å². The number of anilines is 2. The van der Waals surface area contributed by atoms with Gasteiger partial charge >= 0.3 is 0 Å². The average molecular weight is 288 g/mol. The van der Waals surface area contributed by atoms with Crippen LogP contribution in [-0.2, 0) is 6.42 Å². The van der Waals surface area contributed by atoms with Gasteiger partial charge in [-0.05, 0) is 6.92 Å². The van der Waals surface area contributed by atoms with Crippen LogP contribution < -0.4 is 10.6 Å². The number of hydrogen-bond acceptors (Lipinski definition) is 8. The third kappa shape index (κ3) is 2.91. The zero-order chi connectivity index (χ0) is 14.7. The molecule has 0 fully saturated rings. The van der Waals surface area contributed by atoms with Gasteiger partial charge in [-0.25, -0.2) is 4.98 Å². The lowest BCUT2D eigenvalue weighted by Gasteiger charge is -2.07. The molecule has 0 saturated heterocycles. The van der Waals surface area contributed by atoms with Crippen molar-refractivity contribution in [3.8, 4) is 0 Å². The number of aromatic amines is 1. The topological polar surface area (TPSA) is 117 Å². The number of aromatic nitrogens is 6. The van der Waals surface area contributed by atoms with Gasteiger partial charge in [-0.1, -0.05) is 5.16 Å². The lowest BCUT2D eigenvalue weighted by Crippen LogP contribution is -2.10. The standard InChI is InChI=1S/C12H16N8O/c1-3-13-12-18-10(9-11(19-12)16-6-15-9)14-5-4-8-17-7(2)21-20-8/h6H,3-5H2,1-2H3,(H3,13,14,15,16,18,19). The molecule has 110 valence electrons. The van der Waals surface area contributed by atoms with Crippen LogP contribution in [0.1, 0.15) is 18.6 Å². The molecule has 3 aromatic heterocycles. The summed E-state index contributed by atoms with van der Waals surface area (Å²) in [6.45, 7) is 5.14. The molecule has 0 saturated carbocycles. The number of nitrogens with zero attached hydrogens (tertiary/aromatic N) is 5. The third-order valence-corrected chi connectivity index (χ3v) is 2.83. The van der Waals surface area contributed by atoms with Gasteiger partial charge in [0.1, 0.15) is 5.52 Å². The summed E-state index contributed by atoms with van der Waals surface area (Å²) in [7, 11) is 0. The first-order valence-electron chi connectivity index (χ1n) is 6.74. The minimum absolute atomic E-state index is 0.551. The van der Waals surface area contributed by atoms with E-state index < -0.39 is 0 Å². The van der Waals surface area contributed by atoms with Gasteiger partial charge in [-0.15, -0.1) is 0 Å². The summed E-state index contributed by atoms with van der Waals surface area (Å²) in [6, 6.07) is 0. The maximum atomic E-state index is 4.94. The monoisotopic (exact) mass is 288 g/mol. The average Bonchev–Trinajstić information content (AvgIpc) is 3.08. The highest BCUT2D eigenvalue weighted by Crippen LogP contribution is 2.18. The first-order valence-corrected chi connectivity index (χ1v) is 6.74. The van der Waals surface area contributed by atoms with Gasteiger partial charge in [0, 0.05) is 26.4 Å². The van der Waals surface area contributed by atoms with Crippen molar-refractivity contribution >= 4 is 22.9 Å². The van der Waals surface area contributed by atoms with Crippen LogP contribution in [0.3, 0.4) is 0 Å². The summed E-state index contributed by atoms with van der Waals surface area (Å²) >= 11 is 0. The van der Waals surface area contributed by atoms with Gasteiger partial charge in [-0.2, -0.15) is 15.0 Å². The van der Waals surface area contributed by atoms with Gasteiger partial charge in [0.2, 0.25) is 11.8 Å². The minimum atomic E-state index is 0.551. The third-order valence-electron chi connectivity index (χ3n) is 2.83. The second-order valence-electron chi connectivity index (χ2n) is 4.43. The molecule has 21 heavy (non-hydrogen) atoms. The summed E-state index contributed by atoms with van der Waals surface area (Å²) in [6.07, 6.45) is 2.25.